The van der Waals surface area contributed by atoms with Crippen LogP contribution in [0.1, 0.15) is 58.8 Å². The molecule has 32 heavy (non-hydrogen) atoms. The number of hydrogen-bond acceptors (Lipinski definition) is 3. The normalized spacial score (nSPS) is 45.0. The predicted molar refractivity (Wildman–Crippen MR) is 121 cm³/mol. The molecule has 1 spiro atoms. The Balaban J connectivity index is 1.41. The minimum Gasteiger partial charge on any atom is -0.393 e. The number of urea groups is 1. The number of hydrogen-bond donors (Lipinski definition) is 4. The van der Waals surface area contributed by atoms with Crippen molar-refractivity contribution in [2.45, 2.75) is 76.5 Å². The maximum absolute atomic E-state index is 13.2. The molecular weight excluding hydrogens is 407 g/mol. The number of carbonyl (C=O) groups is 1. The summed E-state index contributed by atoms with van der Waals surface area (Å²) in [6, 6.07) is 5.47. The summed E-state index contributed by atoms with van der Waals surface area (Å²) in [4.78, 5) is 12.9. The van der Waals surface area contributed by atoms with Gasteiger partial charge in [-0.05, 0) is 98.5 Å². The van der Waals surface area contributed by atoms with Crippen molar-refractivity contribution in [1.29, 1.82) is 0 Å². The fourth-order valence-electron chi connectivity index (χ4n) is 8.58. The van der Waals surface area contributed by atoms with Crippen molar-refractivity contribution < 1.29 is 19.4 Å². The summed E-state index contributed by atoms with van der Waals surface area (Å²) >= 11 is 0. The van der Waals surface area contributed by atoms with Crippen LogP contribution in [-0.2, 0) is 0 Å². The van der Waals surface area contributed by atoms with Gasteiger partial charge in [-0.25, -0.2) is 9.18 Å². The lowest BCUT2D eigenvalue weighted by atomic mass is 9.41. The van der Waals surface area contributed by atoms with Crippen molar-refractivity contribution in [2.24, 2.45) is 28.6 Å². The van der Waals surface area contributed by atoms with Crippen LogP contribution in [0.3, 0.4) is 0 Å². The molecule has 174 valence electrons. The molecule has 4 N–H and O–H groups in total. The van der Waals surface area contributed by atoms with Crippen LogP contribution >= 0.6 is 0 Å². The summed E-state index contributed by atoms with van der Waals surface area (Å²) in [7, 11) is 0. The molecule has 4 saturated carbocycles. The zero-order valence-corrected chi connectivity index (χ0v) is 19.0. The zero-order chi connectivity index (χ0) is 22.9. The molecule has 4 aliphatic carbocycles. The average Bonchev–Trinajstić information content (AvgIpc) is 2.90. The molecule has 4 aliphatic rings. The van der Waals surface area contributed by atoms with Gasteiger partial charge >= 0.3 is 6.03 Å². The third-order valence-corrected chi connectivity index (χ3v) is 9.66. The third-order valence-electron chi connectivity index (χ3n) is 9.66. The average molecular weight is 443 g/mol. The van der Waals surface area contributed by atoms with E-state index in [9.17, 15) is 19.4 Å². The Morgan fingerprint density at radius 2 is 1.88 bits per heavy atom. The fraction of sp³-hybridized carbons (Fsp3) is 0.654. The molecular formula is C26H35FN2O3. The van der Waals surface area contributed by atoms with E-state index in [2.05, 4.69) is 31.1 Å². The first-order chi connectivity index (χ1) is 15.1. The largest absolute Gasteiger partial charge is 0.393 e. The number of fused-ring (bicyclic) bond motifs is 3. The van der Waals surface area contributed by atoms with Gasteiger partial charge in [-0.2, -0.15) is 0 Å². The number of amides is 2. The van der Waals surface area contributed by atoms with Crippen LogP contribution in [0.5, 0.6) is 0 Å². The first kappa shape index (κ1) is 21.9. The second kappa shape index (κ2) is 7.29. The van der Waals surface area contributed by atoms with Gasteiger partial charge in [0.15, 0.2) is 0 Å². The predicted octanol–water partition coefficient (Wildman–Crippen LogP) is 4.61. The number of anilines is 1. The first-order valence-electron chi connectivity index (χ1n) is 12.0. The standard InChI is InChI=1S/C26H35FN2O3/c1-15-16-13-19(30)21-24(2)10-4-11-25(3,20(24)9-12-26(21,14-16)22(15)31)29-23(32)28-18-7-5-17(27)6-8-18/h5-8,16,19-22,30-31H,1,4,9-14H2,2-3H3,(H2,28,29,32)/t16-,19+,20+,21+,22-,24-,25-,26-/m1/s1. The van der Waals surface area contributed by atoms with Crippen molar-refractivity contribution in [1.82, 2.24) is 5.32 Å². The summed E-state index contributed by atoms with van der Waals surface area (Å²) < 4.78 is 13.2. The van der Waals surface area contributed by atoms with Gasteiger partial charge in [0, 0.05) is 16.6 Å². The van der Waals surface area contributed by atoms with Crippen LogP contribution in [0.15, 0.2) is 36.4 Å². The molecule has 1 aromatic rings. The molecule has 0 radical (unpaired) electrons. The van der Waals surface area contributed by atoms with Gasteiger partial charge in [0.05, 0.1) is 12.2 Å². The van der Waals surface area contributed by atoms with Gasteiger partial charge in [0.25, 0.3) is 0 Å². The van der Waals surface area contributed by atoms with E-state index in [0.717, 1.165) is 44.1 Å². The topological polar surface area (TPSA) is 81.6 Å². The third kappa shape index (κ3) is 3.06. The zero-order valence-electron chi connectivity index (χ0n) is 19.0. The summed E-state index contributed by atoms with van der Waals surface area (Å²) in [5, 5.41) is 28.6. The Bertz CT molecular complexity index is 936. The molecule has 5 nitrogen and oxygen atoms in total. The number of halogens is 1. The molecule has 8 atom stereocenters. The highest BCUT2D eigenvalue weighted by molar-refractivity contribution is 5.89. The Hall–Kier alpha value is -1.92. The van der Waals surface area contributed by atoms with Gasteiger partial charge in [-0.1, -0.05) is 19.9 Å². The minimum absolute atomic E-state index is 0.000773. The lowest BCUT2D eigenvalue weighted by molar-refractivity contribution is -0.195. The van der Waals surface area contributed by atoms with Gasteiger partial charge < -0.3 is 20.8 Å². The van der Waals surface area contributed by atoms with Crippen LogP contribution in [0.4, 0.5) is 14.9 Å². The number of benzene rings is 1. The Morgan fingerprint density at radius 3 is 2.59 bits per heavy atom. The number of nitrogens with one attached hydrogen (secondary N) is 2. The maximum Gasteiger partial charge on any atom is 0.319 e. The van der Waals surface area contributed by atoms with Crippen molar-refractivity contribution in [3.05, 3.63) is 42.2 Å². The van der Waals surface area contributed by atoms with E-state index in [1.54, 1.807) is 12.1 Å². The molecule has 0 aliphatic heterocycles. The van der Waals surface area contributed by atoms with Crippen molar-refractivity contribution in [3.8, 4) is 0 Å². The molecule has 4 fully saturated rings. The summed E-state index contributed by atoms with van der Waals surface area (Å²) in [5.41, 5.74) is 0.568. The number of aliphatic hydroxyl groups excluding tert-OH is 2. The Morgan fingerprint density at radius 1 is 1.16 bits per heavy atom. The van der Waals surface area contributed by atoms with Crippen molar-refractivity contribution in [3.63, 3.8) is 0 Å². The first-order valence-corrected chi connectivity index (χ1v) is 12.0. The van der Waals surface area contributed by atoms with Gasteiger partial charge in [-0.3, -0.25) is 0 Å². The minimum atomic E-state index is -0.546. The van der Waals surface area contributed by atoms with Crippen LogP contribution in [0, 0.1) is 34.4 Å². The highest BCUT2D eigenvalue weighted by Crippen LogP contribution is 2.70. The summed E-state index contributed by atoms with van der Waals surface area (Å²) in [6.45, 7) is 8.59. The van der Waals surface area contributed by atoms with E-state index < -0.39 is 17.7 Å². The van der Waals surface area contributed by atoms with E-state index in [0.29, 0.717) is 12.1 Å². The second-order valence-electron chi connectivity index (χ2n) is 11.3. The van der Waals surface area contributed by atoms with E-state index in [-0.39, 0.29) is 40.4 Å². The molecule has 0 saturated heterocycles. The molecule has 0 unspecified atom stereocenters. The van der Waals surface area contributed by atoms with Crippen molar-refractivity contribution >= 4 is 11.7 Å². The number of rotatable bonds is 2. The molecule has 6 heteroatoms. The second-order valence-corrected chi connectivity index (χ2v) is 11.3. The molecule has 0 aromatic heterocycles. The molecule has 2 amide bonds. The SMILES string of the molecule is C=C1[C@@H]2C[C@H](O)[C@H]3[C@]4(C)CCC[C@@](C)(NC(=O)Nc5ccc(F)cc5)[C@H]4CC[C@]3(C2)[C@@H]1O. The monoisotopic (exact) mass is 442 g/mol. The molecule has 2 bridgehead atoms. The summed E-state index contributed by atoms with van der Waals surface area (Å²) in [6.07, 6.45) is 5.18. The lowest BCUT2D eigenvalue weighted by Crippen LogP contribution is -2.67. The van der Waals surface area contributed by atoms with Gasteiger partial charge in [0.2, 0.25) is 0 Å². The van der Waals surface area contributed by atoms with Crippen LogP contribution in [-0.4, -0.2) is 34.0 Å². The summed E-state index contributed by atoms with van der Waals surface area (Å²) in [5.74, 6) is 0.0737. The quantitative estimate of drug-likeness (QED) is 0.505. The molecule has 1 aromatic carbocycles. The fourth-order valence-corrected chi connectivity index (χ4v) is 8.58. The highest BCUT2D eigenvalue weighted by Gasteiger charge is 2.69. The van der Waals surface area contributed by atoms with E-state index in [4.69, 9.17) is 0 Å². The van der Waals surface area contributed by atoms with Crippen molar-refractivity contribution in [2.75, 3.05) is 5.32 Å². The molecule has 5 rings (SSSR count). The van der Waals surface area contributed by atoms with E-state index in [1.165, 1.54) is 12.1 Å². The number of aliphatic hydroxyl groups is 2. The van der Waals surface area contributed by atoms with Crippen LogP contribution in [0.2, 0.25) is 0 Å². The van der Waals surface area contributed by atoms with E-state index in [1.807, 2.05) is 0 Å². The Kier molecular flexibility index (Phi) is 4.99. The lowest BCUT2D eigenvalue weighted by Gasteiger charge is -2.65. The smallest absolute Gasteiger partial charge is 0.319 e. The number of carbonyl (C=O) groups excluding carboxylic acids is 1. The highest BCUT2D eigenvalue weighted by atomic mass is 19.1. The van der Waals surface area contributed by atoms with Crippen LogP contribution in [0.25, 0.3) is 0 Å². The van der Waals surface area contributed by atoms with Crippen LogP contribution < -0.4 is 10.6 Å². The Labute approximate surface area is 189 Å². The van der Waals surface area contributed by atoms with Gasteiger partial charge in [-0.15, -0.1) is 0 Å². The van der Waals surface area contributed by atoms with Gasteiger partial charge in [0.1, 0.15) is 5.82 Å². The maximum atomic E-state index is 13.2. The van der Waals surface area contributed by atoms with E-state index >= 15 is 0 Å². The molecule has 0 heterocycles.